The Kier molecular flexibility index (Phi) is 4.55. The molecule has 23 heavy (non-hydrogen) atoms. The third kappa shape index (κ3) is 3.86. The average molecular weight is 313 g/mol. The molecule has 0 heterocycles. The molecule has 0 saturated heterocycles. The Morgan fingerprint density at radius 1 is 1.22 bits per heavy atom. The van der Waals surface area contributed by atoms with E-state index in [2.05, 4.69) is 5.32 Å². The minimum absolute atomic E-state index is 0.0145. The van der Waals surface area contributed by atoms with Crippen LogP contribution in [0.4, 0.5) is 4.79 Å². The Hall–Kier alpha value is -2.43. The van der Waals surface area contributed by atoms with Crippen molar-refractivity contribution in [3.63, 3.8) is 0 Å². The molecule has 1 saturated carbocycles. The van der Waals surface area contributed by atoms with Crippen LogP contribution < -0.4 is 5.32 Å². The quantitative estimate of drug-likeness (QED) is 0.870. The molecule has 3 rings (SSSR count). The first-order valence-corrected chi connectivity index (χ1v) is 7.85. The van der Waals surface area contributed by atoms with Crippen molar-refractivity contribution in [2.75, 3.05) is 0 Å². The maximum Gasteiger partial charge on any atom is 0.407 e. The van der Waals surface area contributed by atoms with Gasteiger partial charge in [0.25, 0.3) is 0 Å². The molecule has 2 atom stereocenters. The number of ketones is 2. The van der Waals surface area contributed by atoms with Crippen molar-refractivity contribution in [3.8, 4) is 0 Å². The SMILES string of the molecule is O=C1C=C2CC[C@@H](NC(=O)OCc3ccccc3)CC2C(=O)C1. The zero-order valence-electron chi connectivity index (χ0n) is 12.8. The maximum absolute atomic E-state index is 12.0. The van der Waals surface area contributed by atoms with Gasteiger partial charge in [0.2, 0.25) is 0 Å². The van der Waals surface area contributed by atoms with Crippen molar-refractivity contribution in [1.29, 1.82) is 0 Å². The van der Waals surface area contributed by atoms with E-state index in [1.807, 2.05) is 30.3 Å². The summed E-state index contributed by atoms with van der Waals surface area (Å²) in [6, 6.07) is 9.38. The summed E-state index contributed by atoms with van der Waals surface area (Å²) < 4.78 is 5.21. The van der Waals surface area contributed by atoms with Crippen LogP contribution in [-0.2, 0) is 20.9 Å². The molecule has 0 aliphatic heterocycles. The van der Waals surface area contributed by atoms with E-state index < -0.39 is 6.09 Å². The Labute approximate surface area is 134 Å². The number of amides is 1. The summed E-state index contributed by atoms with van der Waals surface area (Å²) in [6.07, 6.45) is 3.08. The highest BCUT2D eigenvalue weighted by molar-refractivity contribution is 6.09. The third-order valence-corrected chi connectivity index (χ3v) is 4.37. The molecule has 2 aliphatic carbocycles. The molecule has 1 fully saturated rings. The smallest absolute Gasteiger partial charge is 0.407 e. The number of carbonyl (C=O) groups excluding carboxylic acids is 3. The van der Waals surface area contributed by atoms with Gasteiger partial charge >= 0.3 is 6.09 Å². The van der Waals surface area contributed by atoms with E-state index in [0.29, 0.717) is 12.8 Å². The van der Waals surface area contributed by atoms with Gasteiger partial charge in [-0.2, -0.15) is 0 Å². The molecule has 0 spiro atoms. The van der Waals surface area contributed by atoms with Crippen molar-refractivity contribution in [3.05, 3.63) is 47.5 Å². The number of carbonyl (C=O) groups is 3. The summed E-state index contributed by atoms with van der Waals surface area (Å²) in [7, 11) is 0. The molecule has 1 unspecified atom stereocenters. The normalized spacial score (nSPS) is 23.7. The van der Waals surface area contributed by atoms with Crippen LogP contribution in [0.2, 0.25) is 0 Å². The highest BCUT2D eigenvalue weighted by atomic mass is 16.5. The molecule has 5 heteroatoms. The number of hydrogen-bond donors (Lipinski definition) is 1. The van der Waals surface area contributed by atoms with E-state index in [0.717, 1.165) is 17.6 Å². The predicted molar refractivity (Wildman–Crippen MR) is 83.6 cm³/mol. The van der Waals surface area contributed by atoms with Gasteiger partial charge < -0.3 is 10.1 Å². The number of fused-ring (bicyclic) bond motifs is 1. The average Bonchev–Trinajstić information content (AvgIpc) is 2.54. The van der Waals surface area contributed by atoms with Crippen LogP contribution in [0.25, 0.3) is 0 Å². The van der Waals surface area contributed by atoms with Crippen LogP contribution in [-0.4, -0.2) is 23.7 Å². The fourth-order valence-corrected chi connectivity index (χ4v) is 3.20. The molecule has 5 nitrogen and oxygen atoms in total. The number of rotatable bonds is 3. The lowest BCUT2D eigenvalue weighted by Crippen LogP contribution is -2.42. The largest absolute Gasteiger partial charge is 0.445 e. The summed E-state index contributed by atoms with van der Waals surface area (Å²) >= 11 is 0. The molecule has 1 aromatic rings. The minimum Gasteiger partial charge on any atom is -0.445 e. The Morgan fingerprint density at radius 2 is 2.00 bits per heavy atom. The van der Waals surface area contributed by atoms with E-state index >= 15 is 0 Å². The fraction of sp³-hybridized carbons (Fsp3) is 0.389. The summed E-state index contributed by atoms with van der Waals surface area (Å²) in [4.78, 5) is 35.3. The van der Waals surface area contributed by atoms with Gasteiger partial charge in [0, 0.05) is 12.0 Å². The van der Waals surface area contributed by atoms with Crippen molar-refractivity contribution in [1.82, 2.24) is 5.32 Å². The van der Waals surface area contributed by atoms with Crippen LogP contribution in [0.5, 0.6) is 0 Å². The zero-order chi connectivity index (χ0) is 16.2. The molecule has 0 bridgehead atoms. The number of alkyl carbamates (subject to hydrolysis) is 1. The lowest BCUT2D eigenvalue weighted by Gasteiger charge is -2.32. The van der Waals surface area contributed by atoms with Gasteiger partial charge in [-0.05, 0) is 30.9 Å². The van der Waals surface area contributed by atoms with Crippen molar-refractivity contribution in [2.24, 2.45) is 5.92 Å². The van der Waals surface area contributed by atoms with E-state index in [4.69, 9.17) is 4.74 Å². The van der Waals surface area contributed by atoms with Gasteiger partial charge in [-0.15, -0.1) is 0 Å². The number of ether oxygens (including phenoxy) is 1. The molecule has 0 aromatic heterocycles. The molecular weight excluding hydrogens is 294 g/mol. The fourth-order valence-electron chi connectivity index (χ4n) is 3.20. The number of allylic oxidation sites excluding steroid dienone is 2. The lowest BCUT2D eigenvalue weighted by molar-refractivity contribution is -0.128. The Bertz CT molecular complexity index is 650. The lowest BCUT2D eigenvalue weighted by atomic mass is 9.75. The first-order valence-electron chi connectivity index (χ1n) is 7.85. The molecule has 2 aliphatic rings. The van der Waals surface area contributed by atoms with Gasteiger partial charge in [0.05, 0.1) is 6.42 Å². The summed E-state index contributed by atoms with van der Waals surface area (Å²) in [5.41, 5.74) is 1.85. The summed E-state index contributed by atoms with van der Waals surface area (Å²) in [5, 5.41) is 2.83. The Morgan fingerprint density at radius 3 is 2.78 bits per heavy atom. The van der Waals surface area contributed by atoms with Gasteiger partial charge in [0.1, 0.15) is 12.4 Å². The minimum atomic E-state index is -0.467. The highest BCUT2D eigenvalue weighted by Crippen LogP contribution is 2.33. The zero-order valence-corrected chi connectivity index (χ0v) is 12.8. The molecular formula is C18H19NO4. The van der Waals surface area contributed by atoms with Gasteiger partial charge in [-0.3, -0.25) is 9.59 Å². The van der Waals surface area contributed by atoms with E-state index in [1.54, 1.807) is 6.08 Å². The van der Waals surface area contributed by atoms with E-state index in [1.165, 1.54) is 0 Å². The standard InChI is InChI=1S/C18H19NO4/c20-15-8-13-6-7-14(9-16(13)17(21)10-15)19-18(22)23-11-12-4-2-1-3-5-12/h1-5,8,14,16H,6-7,9-11H2,(H,19,22)/t14-,16?/m1/s1. The van der Waals surface area contributed by atoms with Crippen LogP contribution in [0.3, 0.4) is 0 Å². The van der Waals surface area contributed by atoms with Gasteiger partial charge in [0.15, 0.2) is 5.78 Å². The van der Waals surface area contributed by atoms with Crippen LogP contribution >= 0.6 is 0 Å². The number of benzene rings is 1. The number of hydrogen-bond acceptors (Lipinski definition) is 4. The first kappa shape index (κ1) is 15.5. The first-order chi connectivity index (χ1) is 11.1. The number of nitrogens with one attached hydrogen (secondary N) is 1. The van der Waals surface area contributed by atoms with Crippen LogP contribution in [0.1, 0.15) is 31.2 Å². The molecule has 120 valence electrons. The van der Waals surface area contributed by atoms with Crippen molar-refractivity contribution in [2.45, 2.75) is 38.3 Å². The second kappa shape index (κ2) is 6.77. The summed E-state index contributed by atoms with van der Waals surface area (Å²) in [6.45, 7) is 0.224. The molecule has 1 aromatic carbocycles. The third-order valence-electron chi connectivity index (χ3n) is 4.37. The van der Waals surface area contributed by atoms with Crippen LogP contribution in [0.15, 0.2) is 42.0 Å². The molecule has 1 N–H and O–H groups in total. The maximum atomic E-state index is 12.0. The van der Waals surface area contributed by atoms with Gasteiger partial charge in [-0.1, -0.05) is 35.9 Å². The van der Waals surface area contributed by atoms with E-state index in [-0.39, 0.29) is 36.6 Å². The topological polar surface area (TPSA) is 72.5 Å². The predicted octanol–water partition coefficient (Wildman–Crippen LogP) is 2.55. The number of Topliss-reactive ketones (excluding diaryl/α,β-unsaturated/α-hetero) is 1. The molecule has 1 amide bonds. The van der Waals surface area contributed by atoms with Crippen molar-refractivity contribution < 1.29 is 19.1 Å². The van der Waals surface area contributed by atoms with Crippen molar-refractivity contribution >= 4 is 17.7 Å². The second-order valence-corrected chi connectivity index (χ2v) is 6.06. The molecule has 0 radical (unpaired) electrons. The second-order valence-electron chi connectivity index (χ2n) is 6.06. The van der Waals surface area contributed by atoms with E-state index in [9.17, 15) is 14.4 Å². The highest BCUT2D eigenvalue weighted by Gasteiger charge is 2.35. The monoisotopic (exact) mass is 313 g/mol. The van der Waals surface area contributed by atoms with Crippen LogP contribution in [0, 0.1) is 5.92 Å². The summed E-state index contributed by atoms with van der Waals surface area (Å²) in [5.74, 6) is -0.354. The Balaban J connectivity index is 1.51. The van der Waals surface area contributed by atoms with Gasteiger partial charge in [-0.25, -0.2) is 4.79 Å².